The third-order valence-corrected chi connectivity index (χ3v) is 7.76. The zero-order valence-corrected chi connectivity index (χ0v) is 23.9. The summed E-state index contributed by atoms with van der Waals surface area (Å²) in [7, 11) is 2.04. The monoisotopic (exact) mass is 568 g/mol. The average molecular weight is 569 g/mol. The average Bonchev–Trinajstić information content (AvgIpc) is 3.04. The van der Waals surface area contributed by atoms with Gasteiger partial charge in [-0.25, -0.2) is 4.58 Å². The van der Waals surface area contributed by atoms with Gasteiger partial charge in [-0.1, -0.05) is 84.9 Å². The SMILES string of the molecule is C[N+](Cc1ccccc1)=c1ccc2c(-c3ccccc3C(=O)[O-])c3ccc(N(CCO)Cc4ccccc4)cc3oc-2c1. The van der Waals surface area contributed by atoms with Crippen molar-refractivity contribution in [1.29, 1.82) is 0 Å². The van der Waals surface area contributed by atoms with E-state index in [-0.39, 0.29) is 12.2 Å². The number of nitrogens with zero attached hydrogens (tertiary/aromatic N) is 2. The molecule has 4 aromatic rings. The topological polar surface area (TPSA) is 79.8 Å². The summed E-state index contributed by atoms with van der Waals surface area (Å²) in [6.45, 7) is 1.79. The summed E-state index contributed by atoms with van der Waals surface area (Å²) in [6, 6.07) is 39.3. The lowest BCUT2D eigenvalue weighted by Crippen LogP contribution is -2.26. The molecule has 6 nitrogen and oxygen atoms in total. The molecular weight excluding hydrogens is 536 g/mol. The van der Waals surface area contributed by atoms with Crippen molar-refractivity contribution in [2.75, 3.05) is 25.1 Å². The van der Waals surface area contributed by atoms with Gasteiger partial charge in [0.15, 0.2) is 6.54 Å². The predicted molar refractivity (Wildman–Crippen MR) is 169 cm³/mol. The smallest absolute Gasteiger partial charge is 0.203 e. The van der Waals surface area contributed by atoms with Crippen molar-refractivity contribution in [2.24, 2.45) is 0 Å². The van der Waals surface area contributed by atoms with Crippen LogP contribution in [0.3, 0.4) is 0 Å². The van der Waals surface area contributed by atoms with E-state index in [0.717, 1.165) is 39.7 Å². The van der Waals surface area contributed by atoms with Crippen molar-refractivity contribution in [3.8, 4) is 22.5 Å². The fourth-order valence-corrected chi connectivity index (χ4v) is 5.64. The van der Waals surface area contributed by atoms with E-state index in [4.69, 9.17) is 4.42 Å². The van der Waals surface area contributed by atoms with Crippen LogP contribution in [0.4, 0.5) is 5.69 Å². The molecule has 214 valence electrons. The number of aliphatic hydroxyl groups excluding tert-OH is 1. The number of anilines is 1. The minimum absolute atomic E-state index is 0.00107. The lowest BCUT2D eigenvalue weighted by Gasteiger charge is -2.25. The maximum atomic E-state index is 12.2. The number of aliphatic hydroxyl groups is 1. The Bertz CT molecular complexity index is 1930. The fourth-order valence-electron chi connectivity index (χ4n) is 5.64. The van der Waals surface area contributed by atoms with E-state index < -0.39 is 5.97 Å². The third kappa shape index (κ3) is 5.92. The minimum Gasteiger partial charge on any atom is -0.545 e. The van der Waals surface area contributed by atoms with Crippen LogP contribution in [0.15, 0.2) is 126 Å². The second-order valence-electron chi connectivity index (χ2n) is 10.6. The Morgan fingerprint density at radius 2 is 1.51 bits per heavy atom. The zero-order valence-electron chi connectivity index (χ0n) is 23.9. The van der Waals surface area contributed by atoms with E-state index in [9.17, 15) is 15.0 Å². The number of aromatic carboxylic acids is 1. The van der Waals surface area contributed by atoms with Crippen LogP contribution < -0.4 is 19.9 Å². The van der Waals surface area contributed by atoms with Crippen LogP contribution in [0.1, 0.15) is 21.5 Å². The van der Waals surface area contributed by atoms with E-state index in [1.807, 2.05) is 92.0 Å². The quantitative estimate of drug-likeness (QED) is 0.192. The first-order valence-electron chi connectivity index (χ1n) is 14.3. The molecule has 0 radical (unpaired) electrons. The van der Waals surface area contributed by atoms with Crippen molar-refractivity contribution in [2.45, 2.75) is 13.1 Å². The molecule has 2 aliphatic rings. The number of carbonyl (C=O) groups excluding carboxylic acids is 1. The predicted octanol–water partition coefficient (Wildman–Crippen LogP) is 5.17. The van der Waals surface area contributed by atoms with Crippen molar-refractivity contribution in [3.05, 3.63) is 143 Å². The minimum atomic E-state index is -1.23. The molecule has 0 saturated carbocycles. The van der Waals surface area contributed by atoms with Gasteiger partial charge in [0.1, 0.15) is 18.4 Å². The Kier molecular flexibility index (Phi) is 8.03. The van der Waals surface area contributed by atoms with Gasteiger partial charge >= 0.3 is 0 Å². The molecule has 0 fully saturated rings. The van der Waals surface area contributed by atoms with Crippen LogP contribution >= 0.6 is 0 Å². The van der Waals surface area contributed by atoms with Gasteiger partial charge in [0.25, 0.3) is 0 Å². The zero-order chi connectivity index (χ0) is 29.8. The number of carboxylic acids is 1. The molecule has 0 aromatic heterocycles. The Morgan fingerprint density at radius 3 is 2.23 bits per heavy atom. The Hall–Kier alpha value is -5.20. The first-order valence-corrected chi connectivity index (χ1v) is 14.3. The molecule has 0 spiro atoms. The lowest BCUT2D eigenvalue weighted by molar-refractivity contribution is -0.254. The van der Waals surface area contributed by atoms with Crippen LogP contribution in [-0.2, 0) is 13.1 Å². The van der Waals surface area contributed by atoms with Gasteiger partial charge in [0.2, 0.25) is 5.36 Å². The number of carbonyl (C=O) groups is 1. The molecular formula is C37H32N2O4. The number of carboxylic acid groups (broad SMARTS) is 1. The molecule has 0 unspecified atom stereocenters. The van der Waals surface area contributed by atoms with Gasteiger partial charge in [-0.15, -0.1) is 0 Å². The maximum absolute atomic E-state index is 12.2. The van der Waals surface area contributed by atoms with Crippen LogP contribution in [0.5, 0.6) is 0 Å². The van der Waals surface area contributed by atoms with Gasteiger partial charge in [-0.2, -0.15) is 0 Å². The van der Waals surface area contributed by atoms with Gasteiger partial charge in [-0.3, -0.25) is 0 Å². The van der Waals surface area contributed by atoms with Crippen molar-refractivity contribution in [1.82, 2.24) is 4.58 Å². The molecule has 0 saturated heterocycles. The molecule has 0 amide bonds. The van der Waals surface area contributed by atoms with Crippen molar-refractivity contribution in [3.63, 3.8) is 0 Å². The van der Waals surface area contributed by atoms with Crippen molar-refractivity contribution < 1.29 is 19.4 Å². The standard InChI is InChI=1S/C37H32N2O4/c1-38(24-26-10-4-2-5-11-26)28-16-18-32-34(22-28)43-35-23-29(39(20-21-40)25-27-12-6-3-7-13-27)17-19-33(35)36(32)30-14-8-9-15-31(30)37(41)42/h2-19,22-23,40H,20-21,24-25H2,1H3. The molecule has 1 N–H and O–H groups in total. The highest BCUT2D eigenvalue weighted by Crippen LogP contribution is 2.42. The molecule has 1 aliphatic carbocycles. The van der Waals surface area contributed by atoms with E-state index in [2.05, 4.69) is 33.7 Å². The van der Waals surface area contributed by atoms with Crippen LogP contribution in [-0.4, -0.2) is 31.3 Å². The summed E-state index contributed by atoms with van der Waals surface area (Å²) in [5.41, 5.74) is 6.10. The summed E-state index contributed by atoms with van der Waals surface area (Å²) in [4.78, 5) is 14.3. The van der Waals surface area contributed by atoms with Gasteiger partial charge < -0.3 is 24.3 Å². The molecule has 0 bridgehead atoms. The van der Waals surface area contributed by atoms with Gasteiger partial charge in [0.05, 0.1) is 18.6 Å². The van der Waals surface area contributed by atoms with Crippen LogP contribution in [0.2, 0.25) is 0 Å². The molecule has 4 aromatic carbocycles. The van der Waals surface area contributed by atoms with E-state index in [0.29, 0.717) is 30.0 Å². The Balaban J connectivity index is 1.56. The normalized spacial score (nSPS) is 12.0. The summed E-state index contributed by atoms with van der Waals surface area (Å²) < 4.78 is 8.75. The summed E-state index contributed by atoms with van der Waals surface area (Å²) in [5, 5.41) is 23.8. The van der Waals surface area contributed by atoms with E-state index >= 15 is 0 Å². The highest BCUT2D eigenvalue weighted by Gasteiger charge is 2.21. The maximum Gasteiger partial charge on any atom is 0.203 e. The Labute approximate surface area is 250 Å². The van der Waals surface area contributed by atoms with E-state index in [1.54, 1.807) is 12.1 Å². The number of rotatable bonds is 9. The molecule has 43 heavy (non-hydrogen) atoms. The third-order valence-electron chi connectivity index (χ3n) is 7.76. The first kappa shape index (κ1) is 27.9. The number of fused-ring (bicyclic) bond motifs is 2. The van der Waals surface area contributed by atoms with Crippen LogP contribution in [0.25, 0.3) is 33.4 Å². The largest absolute Gasteiger partial charge is 0.545 e. The fraction of sp³-hybridized carbons (Fsp3) is 0.135. The lowest BCUT2D eigenvalue weighted by atomic mass is 9.90. The number of hydrogen-bond donors (Lipinski definition) is 1. The first-order chi connectivity index (χ1) is 21.0. The highest BCUT2D eigenvalue weighted by atomic mass is 16.4. The highest BCUT2D eigenvalue weighted by molar-refractivity contribution is 6.07. The molecule has 1 aliphatic heterocycles. The second-order valence-corrected chi connectivity index (χ2v) is 10.6. The van der Waals surface area contributed by atoms with Gasteiger partial charge in [0, 0.05) is 58.5 Å². The number of benzene rings is 5. The summed E-state index contributed by atoms with van der Waals surface area (Å²) in [5.74, 6) is -0.590. The van der Waals surface area contributed by atoms with E-state index in [1.165, 1.54) is 5.56 Å². The number of hydrogen-bond acceptors (Lipinski definition) is 5. The second kappa shape index (κ2) is 12.3. The molecule has 0 atom stereocenters. The summed E-state index contributed by atoms with van der Waals surface area (Å²) in [6.07, 6.45) is 0. The molecule has 1 heterocycles. The van der Waals surface area contributed by atoms with Crippen molar-refractivity contribution >= 4 is 22.6 Å². The Morgan fingerprint density at radius 1 is 0.814 bits per heavy atom. The van der Waals surface area contributed by atoms with Gasteiger partial charge in [-0.05, 0) is 29.3 Å². The van der Waals surface area contributed by atoms with Crippen LogP contribution in [0, 0.1) is 0 Å². The molecule has 6 rings (SSSR count). The molecule has 6 heteroatoms. The summed E-state index contributed by atoms with van der Waals surface area (Å²) >= 11 is 0.